The van der Waals surface area contributed by atoms with Gasteiger partial charge in [-0.05, 0) is 49.9 Å². The fourth-order valence-electron chi connectivity index (χ4n) is 3.51. The lowest BCUT2D eigenvalue weighted by atomic mass is 9.92. The normalized spacial score (nSPS) is 12.4. The van der Waals surface area contributed by atoms with Gasteiger partial charge < -0.3 is 4.74 Å². The molecule has 1 aromatic heterocycles. The van der Waals surface area contributed by atoms with E-state index in [4.69, 9.17) is 4.74 Å². The lowest BCUT2D eigenvalue weighted by Gasteiger charge is -2.15. The Kier molecular flexibility index (Phi) is 9.69. The van der Waals surface area contributed by atoms with Crippen LogP contribution in [-0.2, 0) is 21.2 Å². The van der Waals surface area contributed by atoms with Gasteiger partial charge in [0.1, 0.15) is 5.78 Å². The van der Waals surface area contributed by atoms with Crippen molar-refractivity contribution in [1.82, 2.24) is 4.98 Å². The standard InChI is InChI=1S/C25H36N2O4S/c1-6-7-8-9-16-31-25-21(11-10-19(3)26-25)13-15-24(28)20(4)22-12-14-23(18(2)17-22)27-32(5,29)30/h10-12,14,17,20,27H,6-9,13,15-16H2,1-5H3. The number of anilines is 1. The molecule has 32 heavy (non-hydrogen) atoms. The molecule has 1 N–H and O–H groups in total. The minimum Gasteiger partial charge on any atom is -0.477 e. The third-order valence-electron chi connectivity index (χ3n) is 5.48. The smallest absolute Gasteiger partial charge is 0.229 e. The maximum Gasteiger partial charge on any atom is 0.229 e. The Bertz CT molecular complexity index is 1020. The molecule has 176 valence electrons. The van der Waals surface area contributed by atoms with Crippen molar-refractivity contribution in [3.8, 4) is 5.88 Å². The van der Waals surface area contributed by atoms with Crippen LogP contribution in [0.15, 0.2) is 30.3 Å². The van der Waals surface area contributed by atoms with Gasteiger partial charge in [0.05, 0.1) is 18.6 Å². The number of pyridine rings is 1. The molecule has 0 bridgehead atoms. The number of carbonyl (C=O) groups excluding carboxylic acids is 1. The summed E-state index contributed by atoms with van der Waals surface area (Å²) < 4.78 is 31.4. The predicted octanol–water partition coefficient (Wildman–Crippen LogP) is 5.33. The zero-order chi connectivity index (χ0) is 23.7. The average molecular weight is 461 g/mol. The Labute approximate surface area is 192 Å². The molecule has 0 aliphatic heterocycles. The van der Waals surface area contributed by atoms with Crippen molar-refractivity contribution in [3.05, 3.63) is 52.7 Å². The van der Waals surface area contributed by atoms with E-state index in [0.717, 1.165) is 41.5 Å². The highest BCUT2D eigenvalue weighted by Crippen LogP contribution is 2.26. The third kappa shape index (κ3) is 8.26. The van der Waals surface area contributed by atoms with Crippen LogP contribution in [0.3, 0.4) is 0 Å². The number of rotatable bonds is 13. The summed E-state index contributed by atoms with van der Waals surface area (Å²) >= 11 is 0. The average Bonchev–Trinajstić information content (AvgIpc) is 2.72. The van der Waals surface area contributed by atoms with Crippen LogP contribution < -0.4 is 9.46 Å². The summed E-state index contributed by atoms with van der Waals surface area (Å²) in [4.78, 5) is 17.4. The monoisotopic (exact) mass is 460 g/mol. The first-order valence-corrected chi connectivity index (χ1v) is 13.2. The quantitative estimate of drug-likeness (QED) is 0.408. The Hall–Kier alpha value is -2.41. The van der Waals surface area contributed by atoms with Crippen molar-refractivity contribution in [3.63, 3.8) is 0 Å². The number of aryl methyl sites for hydroxylation is 3. The Morgan fingerprint density at radius 2 is 1.88 bits per heavy atom. The number of sulfonamides is 1. The van der Waals surface area contributed by atoms with Gasteiger partial charge in [-0.15, -0.1) is 0 Å². The van der Waals surface area contributed by atoms with Gasteiger partial charge in [-0.25, -0.2) is 13.4 Å². The van der Waals surface area contributed by atoms with E-state index in [0.29, 0.717) is 31.0 Å². The molecular formula is C25H36N2O4S. The maximum atomic E-state index is 12.9. The van der Waals surface area contributed by atoms with Crippen LogP contribution in [0.1, 0.15) is 74.3 Å². The van der Waals surface area contributed by atoms with E-state index >= 15 is 0 Å². The van der Waals surface area contributed by atoms with Gasteiger partial charge in [0, 0.05) is 23.6 Å². The van der Waals surface area contributed by atoms with Gasteiger partial charge in [0.25, 0.3) is 0 Å². The summed E-state index contributed by atoms with van der Waals surface area (Å²) in [6.45, 7) is 8.48. The molecule has 1 unspecified atom stereocenters. The highest BCUT2D eigenvalue weighted by Gasteiger charge is 2.18. The molecule has 0 saturated heterocycles. The molecule has 0 saturated carbocycles. The number of nitrogens with zero attached hydrogens (tertiary/aromatic N) is 1. The topological polar surface area (TPSA) is 85.4 Å². The second-order valence-corrected chi connectivity index (χ2v) is 10.2. The molecular weight excluding hydrogens is 424 g/mol. The lowest BCUT2D eigenvalue weighted by molar-refractivity contribution is -0.120. The molecule has 0 aliphatic carbocycles. The van der Waals surface area contributed by atoms with Crippen LogP contribution in [0.25, 0.3) is 0 Å². The molecule has 1 aromatic carbocycles. The predicted molar refractivity (Wildman–Crippen MR) is 130 cm³/mol. The summed E-state index contributed by atoms with van der Waals surface area (Å²) in [6, 6.07) is 9.33. The van der Waals surface area contributed by atoms with Gasteiger partial charge in [-0.1, -0.05) is 51.3 Å². The number of nitrogens with one attached hydrogen (secondary N) is 1. The third-order valence-corrected chi connectivity index (χ3v) is 6.08. The van der Waals surface area contributed by atoms with Crippen LogP contribution in [-0.4, -0.2) is 32.0 Å². The van der Waals surface area contributed by atoms with Gasteiger partial charge in [0.2, 0.25) is 15.9 Å². The fourth-order valence-corrected chi connectivity index (χ4v) is 4.13. The van der Waals surface area contributed by atoms with E-state index in [9.17, 15) is 13.2 Å². The van der Waals surface area contributed by atoms with Crippen molar-refractivity contribution in [1.29, 1.82) is 0 Å². The summed E-state index contributed by atoms with van der Waals surface area (Å²) in [5, 5.41) is 0. The summed E-state index contributed by atoms with van der Waals surface area (Å²) in [7, 11) is -3.34. The van der Waals surface area contributed by atoms with Crippen LogP contribution in [0.5, 0.6) is 5.88 Å². The molecule has 0 radical (unpaired) electrons. The highest BCUT2D eigenvalue weighted by atomic mass is 32.2. The molecule has 0 fully saturated rings. The number of benzene rings is 1. The largest absolute Gasteiger partial charge is 0.477 e. The van der Waals surface area contributed by atoms with Crippen molar-refractivity contribution in [2.75, 3.05) is 17.6 Å². The fraction of sp³-hybridized carbons (Fsp3) is 0.520. The van der Waals surface area contributed by atoms with Crippen LogP contribution in [0, 0.1) is 13.8 Å². The molecule has 2 rings (SSSR count). The molecule has 0 aliphatic rings. The summed E-state index contributed by atoms with van der Waals surface area (Å²) in [5.41, 5.74) is 4.04. The number of ketones is 1. The van der Waals surface area contributed by atoms with E-state index in [-0.39, 0.29) is 11.7 Å². The second-order valence-electron chi connectivity index (χ2n) is 8.46. The van der Waals surface area contributed by atoms with Crippen LogP contribution in [0.2, 0.25) is 0 Å². The first-order valence-electron chi connectivity index (χ1n) is 11.3. The number of ether oxygens (including phenoxy) is 1. The lowest BCUT2D eigenvalue weighted by Crippen LogP contribution is -2.13. The number of Topliss-reactive ketones (excluding diaryl/α,β-unsaturated/α-hetero) is 1. The summed E-state index contributed by atoms with van der Waals surface area (Å²) in [6.07, 6.45) is 6.62. The number of hydrogen-bond donors (Lipinski definition) is 1. The van der Waals surface area contributed by atoms with E-state index < -0.39 is 10.0 Å². The van der Waals surface area contributed by atoms with E-state index in [2.05, 4.69) is 16.6 Å². The van der Waals surface area contributed by atoms with E-state index in [1.807, 2.05) is 39.0 Å². The van der Waals surface area contributed by atoms with Gasteiger partial charge >= 0.3 is 0 Å². The zero-order valence-electron chi connectivity index (χ0n) is 19.9. The molecule has 1 atom stereocenters. The minimum atomic E-state index is -3.34. The first-order chi connectivity index (χ1) is 15.1. The number of carbonyl (C=O) groups is 1. The van der Waals surface area contributed by atoms with Crippen LogP contribution >= 0.6 is 0 Å². The molecule has 2 aromatic rings. The number of unbranched alkanes of at least 4 members (excludes halogenated alkanes) is 3. The molecule has 1 heterocycles. The van der Waals surface area contributed by atoms with Crippen molar-refractivity contribution in [2.45, 2.75) is 72.1 Å². The molecule has 6 nitrogen and oxygen atoms in total. The molecule has 7 heteroatoms. The van der Waals surface area contributed by atoms with Crippen LogP contribution in [0.4, 0.5) is 5.69 Å². The first kappa shape index (κ1) is 25.8. The summed E-state index contributed by atoms with van der Waals surface area (Å²) in [5.74, 6) is 0.481. The highest BCUT2D eigenvalue weighted by molar-refractivity contribution is 7.92. The second kappa shape index (κ2) is 12.0. The van der Waals surface area contributed by atoms with Gasteiger partial charge in [-0.2, -0.15) is 0 Å². The number of aromatic nitrogens is 1. The molecule has 0 amide bonds. The van der Waals surface area contributed by atoms with E-state index in [1.165, 1.54) is 12.8 Å². The Morgan fingerprint density at radius 1 is 1.12 bits per heavy atom. The van der Waals surface area contributed by atoms with Gasteiger partial charge in [-0.3, -0.25) is 9.52 Å². The van der Waals surface area contributed by atoms with E-state index in [1.54, 1.807) is 12.1 Å². The Balaban J connectivity index is 2.00. The minimum absolute atomic E-state index is 0.127. The van der Waals surface area contributed by atoms with Crippen molar-refractivity contribution in [2.24, 2.45) is 0 Å². The van der Waals surface area contributed by atoms with Crippen molar-refractivity contribution < 1.29 is 17.9 Å². The van der Waals surface area contributed by atoms with Crippen molar-refractivity contribution >= 4 is 21.5 Å². The Morgan fingerprint density at radius 3 is 2.53 bits per heavy atom. The maximum absolute atomic E-state index is 12.9. The van der Waals surface area contributed by atoms with Gasteiger partial charge in [0.15, 0.2) is 0 Å². The SMILES string of the molecule is CCCCCCOc1nc(C)ccc1CCC(=O)C(C)c1ccc(NS(C)(=O)=O)c(C)c1. The molecule has 0 spiro atoms. The zero-order valence-corrected chi connectivity index (χ0v) is 20.7. The number of hydrogen-bond acceptors (Lipinski definition) is 5.